The van der Waals surface area contributed by atoms with E-state index in [1.165, 1.54) is 5.56 Å². The van der Waals surface area contributed by atoms with Crippen LogP contribution in [0.2, 0.25) is 0 Å². The van der Waals surface area contributed by atoms with E-state index >= 15 is 0 Å². The minimum absolute atomic E-state index is 0. The van der Waals surface area contributed by atoms with Crippen LogP contribution in [0.3, 0.4) is 0 Å². The highest BCUT2D eigenvalue weighted by atomic mass is 127. The summed E-state index contributed by atoms with van der Waals surface area (Å²) < 4.78 is 5.45. The smallest absolute Gasteiger partial charge is 0.410 e. The van der Waals surface area contributed by atoms with Crippen molar-refractivity contribution in [3.05, 3.63) is 29.8 Å². The van der Waals surface area contributed by atoms with Crippen LogP contribution in [-0.4, -0.2) is 42.2 Å². The lowest BCUT2D eigenvalue weighted by atomic mass is 9.98. The second-order valence-electron chi connectivity index (χ2n) is 7.65. The van der Waals surface area contributed by atoms with Crippen molar-refractivity contribution in [2.75, 3.05) is 25.0 Å². The first-order valence-electron chi connectivity index (χ1n) is 8.84. The van der Waals surface area contributed by atoms with Crippen molar-refractivity contribution in [3.8, 4) is 0 Å². The van der Waals surface area contributed by atoms with E-state index in [0.29, 0.717) is 25.0 Å². The zero-order valence-corrected chi connectivity index (χ0v) is 18.4. The predicted octanol–water partition coefficient (Wildman–Crippen LogP) is 3.99. The zero-order chi connectivity index (χ0) is 18.4. The number of likely N-dealkylation sites (tertiary alicyclic amines) is 1. The minimum atomic E-state index is -0.468. The summed E-state index contributed by atoms with van der Waals surface area (Å²) in [4.78, 5) is 18.4. The Morgan fingerprint density at radius 1 is 1.35 bits per heavy atom. The number of anilines is 1. The molecule has 0 aromatic heterocycles. The van der Waals surface area contributed by atoms with Crippen molar-refractivity contribution in [2.24, 2.45) is 16.6 Å². The average molecular weight is 474 g/mol. The number of piperidine rings is 1. The number of ether oxygens (including phenoxy) is 1. The molecule has 1 aliphatic rings. The number of aryl methyl sites for hydroxylation is 1. The first kappa shape index (κ1) is 22.5. The van der Waals surface area contributed by atoms with Gasteiger partial charge in [-0.15, -0.1) is 24.0 Å². The average Bonchev–Trinajstić information content (AvgIpc) is 2.54. The highest BCUT2D eigenvalue weighted by molar-refractivity contribution is 14.0. The number of hydrogen-bond acceptors (Lipinski definition) is 3. The summed E-state index contributed by atoms with van der Waals surface area (Å²) in [6, 6.07) is 8.00. The van der Waals surface area contributed by atoms with E-state index in [1.807, 2.05) is 52.0 Å². The van der Waals surface area contributed by atoms with Gasteiger partial charge in [-0.3, -0.25) is 4.99 Å². The Balaban J connectivity index is 0.00000338. The lowest BCUT2D eigenvalue weighted by molar-refractivity contribution is 0.0171. The van der Waals surface area contributed by atoms with Gasteiger partial charge in [0.1, 0.15) is 5.60 Å². The van der Waals surface area contributed by atoms with Crippen molar-refractivity contribution in [3.63, 3.8) is 0 Å². The van der Waals surface area contributed by atoms with Gasteiger partial charge >= 0.3 is 6.09 Å². The van der Waals surface area contributed by atoms with E-state index in [1.54, 1.807) is 4.90 Å². The van der Waals surface area contributed by atoms with Gasteiger partial charge in [0.25, 0.3) is 0 Å². The van der Waals surface area contributed by atoms with Gasteiger partial charge in [0, 0.05) is 25.3 Å². The van der Waals surface area contributed by atoms with Gasteiger partial charge in [-0.1, -0.05) is 17.7 Å². The number of rotatable bonds is 3. The van der Waals surface area contributed by atoms with E-state index < -0.39 is 5.60 Å². The molecule has 2 rings (SSSR count). The van der Waals surface area contributed by atoms with E-state index in [-0.39, 0.29) is 30.1 Å². The molecule has 1 amide bonds. The fraction of sp³-hybridized carbons (Fsp3) is 0.579. The molecule has 0 bridgehead atoms. The monoisotopic (exact) mass is 474 g/mol. The third kappa shape index (κ3) is 7.80. The molecule has 1 fully saturated rings. The van der Waals surface area contributed by atoms with Gasteiger partial charge < -0.3 is 20.7 Å². The maximum Gasteiger partial charge on any atom is 0.410 e. The van der Waals surface area contributed by atoms with Crippen molar-refractivity contribution >= 4 is 41.7 Å². The molecule has 146 valence electrons. The number of guanidine groups is 1. The van der Waals surface area contributed by atoms with Crippen LogP contribution < -0.4 is 11.1 Å². The Morgan fingerprint density at radius 3 is 2.62 bits per heavy atom. The number of amides is 1. The second-order valence-corrected chi connectivity index (χ2v) is 7.65. The summed E-state index contributed by atoms with van der Waals surface area (Å²) in [6.45, 7) is 9.70. The van der Waals surface area contributed by atoms with Crippen LogP contribution in [-0.2, 0) is 4.74 Å². The highest BCUT2D eigenvalue weighted by Crippen LogP contribution is 2.19. The number of carbonyl (C=O) groups is 1. The number of nitrogens with two attached hydrogens (primary N) is 1. The van der Waals surface area contributed by atoms with Crippen LogP contribution in [0, 0.1) is 12.8 Å². The Bertz CT molecular complexity index is 611. The zero-order valence-electron chi connectivity index (χ0n) is 16.1. The van der Waals surface area contributed by atoms with E-state index in [4.69, 9.17) is 10.5 Å². The maximum absolute atomic E-state index is 12.2. The standard InChI is InChI=1S/C19H30N4O2.HI/c1-14-7-9-16(10-8-14)22-17(20)21-12-15-6-5-11-23(13-15)18(24)25-19(2,3)4;/h7-10,15H,5-6,11-13H2,1-4H3,(H3,20,21,22);1H. The van der Waals surface area contributed by atoms with Crippen molar-refractivity contribution in [2.45, 2.75) is 46.1 Å². The van der Waals surface area contributed by atoms with Crippen molar-refractivity contribution in [1.29, 1.82) is 0 Å². The molecule has 0 aliphatic carbocycles. The summed E-state index contributed by atoms with van der Waals surface area (Å²) >= 11 is 0. The molecule has 1 aromatic carbocycles. The normalized spacial score (nSPS) is 18.1. The van der Waals surface area contributed by atoms with Gasteiger partial charge in [0.15, 0.2) is 5.96 Å². The van der Waals surface area contributed by atoms with Crippen LogP contribution in [0.5, 0.6) is 0 Å². The lowest BCUT2D eigenvalue weighted by Gasteiger charge is -2.33. The van der Waals surface area contributed by atoms with Crippen molar-refractivity contribution < 1.29 is 9.53 Å². The lowest BCUT2D eigenvalue weighted by Crippen LogP contribution is -2.43. The number of halogens is 1. The summed E-state index contributed by atoms with van der Waals surface area (Å²) in [7, 11) is 0. The Kier molecular flexibility index (Phi) is 8.66. The topological polar surface area (TPSA) is 80.0 Å². The highest BCUT2D eigenvalue weighted by Gasteiger charge is 2.27. The Morgan fingerprint density at radius 2 is 2.00 bits per heavy atom. The van der Waals surface area contributed by atoms with Crippen LogP contribution >= 0.6 is 24.0 Å². The molecule has 7 heteroatoms. The number of hydrogen-bond donors (Lipinski definition) is 2. The number of nitrogens with one attached hydrogen (secondary N) is 1. The molecule has 0 radical (unpaired) electrons. The number of benzene rings is 1. The molecule has 1 unspecified atom stereocenters. The molecule has 1 aliphatic heterocycles. The van der Waals surface area contributed by atoms with Gasteiger partial charge in [-0.25, -0.2) is 4.79 Å². The first-order valence-corrected chi connectivity index (χ1v) is 8.84. The largest absolute Gasteiger partial charge is 0.444 e. The third-order valence-electron chi connectivity index (χ3n) is 4.01. The number of aliphatic imine (C=N–C) groups is 1. The molecule has 26 heavy (non-hydrogen) atoms. The molecular weight excluding hydrogens is 443 g/mol. The fourth-order valence-corrected chi connectivity index (χ4v) is 2.76. The SMILES string of the molecule is Cc1ccc(NC(N)=NCC2CCCN(C(=O)OC(C)(C)C)C2)cc1.I. The summed E-state index contributed by atoms with van der Waals surface area (Å²) in [6.07, 6.45) is 1.76. The van der Waals surface area contributed by atoms with E-state index in [0.717, 1.165) is 25.1 Å². The summed E-state index contributed by atoms with van der Waals surface area (Å²) in [5.41, 5.74) is 7.63. The minimum Gasteiger partial charge on any atom is -0.444 e. The van der Waals surface area contributed by atoms with E-state index in [9.17, 15) is 4.79 Å². The maximum atomic E-state index is 12.2. The Labute approximate surface area is 173 Å². The van der Waals surface area contributed by atoms with E-state index in [2.05, 4.69) is 10.3 Å². The molecule has 0 saturated carbocycles. The quantitative estimate of drug-likeness (QED) is 0.395. The predicted molar refractivity (Wildman–Crippen MR) is 117 cm³/mol. The van der Waals surface area contributed by atoms with Crippen LogP contribution in [0.25, 0.3) is 0 Å². The van der Waals surface area contributed by atoms with Crippen LogP contribution in [0.4, 0.5) is 10.5 Å². The van der Waals surface area contributed by atoms with Gasteiger partial charge in [0.2, 0.25) is 0 Å². The number of nitrogens with zero attached hydrogens (tertiary/aromatic N) is 2. The summed E-state index contributed by atoms with van der Waals surface area (Å²) in [5.74, 6) is 0.706. The second kappa shape index (κ2) is 9.99. The molecule has 1 aromatic rings. The molecule has 3 N–H and O–H groups in total. The van der Waals surface area contributed by atoms with Crippen LogP contribution in [0.1, 0.15) is 39.2 Å². The third-order valence-corrected chi connectivity index (χ3v) is 4.01. The molecule has 1 heterocycles. The van der Waals surface area contributed by atoms with Crippen molar-refractivity contribution in [1.82, 2.24) is 4.90 Å². The first-order chi connectivity index (χ1) is 11.7. The molecule has 0 spiro atoms. The molecular formula is C19H31IN4O2. The van der Waals surface area contributed by atoms with Gasteiger partial charge in [0.05, 0.1) is 0 Å². The molecule has 1 atom stereocenters. The van der Waals surface area contributed by atoms with Crippen LogP contribution in [0.15, 0.2) is 29.3 Å². The molecule has 6 nitrogen and oxygen atoms in total. The number of carbonyl (C=O) groups excluding carboxylic acids is 1. The van der Waals surface area contributed by atoms with Gasteiger partial charge in [-0.2, -0.15) is 0 Å². The fourth-order valence-electron chi connectivity index (χ4n) is 2.76. The molecule has 1 saturated heterocycles. The van der Waals surface area contributed by atoms with Gasteiger partial charge in [-0.05, 0) is 58.6 Å². The summed E-state index contributed by atoms with van der Waals surface area (Å²) in [5, 5.41) is 3.10. The Hall–Kier alpha value is -1.51.